The smallest absolute Gasteiger partial charge is 0.285 e. The van der Waals surface area contributed by atoms with E-state index in [4.69, 9.17) is 10.5 Å². The largest absolute Gasteiger partial charge is 0.489 e. The molecule has 1 aromatic carbocycles. The van der Waals surface area contributed by atoms with Gasteiger partial charge in [-0.3, -0.25) is 0 Å². The first-order valence-corrected chi connectivity index (χ1v) is 5.98. The summed E-state index contributed by atoms with van der Waals surface area (Å²) in [6.07, 6.45) is 1.57. The first-order valence-electron chi connectivity index (χ1n) is 4.54. The van der Waals surface area contributed by atoms with E-state index in [9.17, 15) is 8.42 Å². The molecule has 0 saturated carbocycles. The summed E-state index contributed by atoms with van der Waals surface area (Å²) in [5.41, 5.74) is 5.90. The van der Waals surface area contributed by atoms with Gasteiger partial charge in [-0.15, -0.1) is 4.40 Å². The zero-order valence-corrected chi connectivity index (χ0v) is 9.20. The lowest BCUT2D eigenvalue weighted by Gasteiger charge is -2.07. The molecule has 1 aromatic rings. The molecule has 0 amide bonds. The van der Waals surface area contributed by atoms with Crippen LogP contribution < -0.4 is 10.5 Å². The Morgan fingerprint density at radius 3 is 2.94 bits per heavy atom. The second-order valence-corrected chi connectivity index (χ2v) is 4.75. The van der Waals surface area contributed by atoms with Crippen molar-refractivity contribution in [2.45, 2.75) is 4.90 Å². The molecule has 2 rings (SSSR count). The molecule has 2 N–H and O–H groups in total. The highest BCUT2D eigenvalue weighted by atomic mass is 32.2. The van der Waals surface area contributed by atoms with Crippen molar-refractivity contribution in [1.29, 1.82) is 0 Å². The van der Waals surface area contributed by atoms with Crippen LogP contribution in [0.3, 0.4) is 0 Å². The normalized spacial score (nSPS) is 16.4. The summed E-state index contributed by atoms with van der Waals surface area (Å²) >= 11 is 0. The molecule has 16 heavy (non-hydrogen) atoms. The standard InChI is InChI=1S/C10H10N2O3S/c1-2-6-15-7-4-3-5-8-9(7)10(11)12-16(8,13)14/h2-5H,1,6H2,(H2,11,12). The Hall–Kier alpha value is -1.82. The van der Waals surface area contributed by atoms with E-state index >= 15 is 0 Å². The van der Waals surface area contributed by atoms with Gasteiger partial charge in [-0.05, 0) is 12.1 Å². The molecule has 0 fully saturated rings. The minimum absolute atomic E-state index is 0.0327. The second-order valence-electron chi connectivity index (χ2n) is 3.18. The zero-order chi connectivity index (χ0) is 11.8. The van der Waals surface area contributed by atoms with Gasteiger partial charge in [0.15, 0.2) is 0 Å². The van der Waals surface area contributed by atoms with Gasteiger partial charge >= 0.3 is 0 Å². The van der Waals surface area contributed by atoms with Gasteiger partial charge in [-0.1, -0.05) is 18.7 Å². The maximum Gasteiger partial charge on any atom is 0.285 e. The summed E-state index contributed by atoms with van der Waals surface area (Å²) in [5.74, 6) is 0.370. The fourth-order valence-corrected chi connectivity index (χ4v) is 2.63. The zero-order valence-electron chi connectivity index (χ0n) is 8.38. The number of benzene rings is 1. The molecule has 1 heterocycles. The van der Waals surface area contributed by atoms with Crippen LogP contribution in [0.2, 0.25) is 0 Å². The topological polar surface area (TPSA) is 81.8 Å². The Morgan fingerprint density at radius 2 is 2.25 bits per heavy atom. The summed E-state index contributed by atoms with van der Waals surface area (Å²) in [6, 6.07) is 4.68. The molecular formula is C10H10N2O3S. The molecule has 5 nitrogen and oxygen atoms in total. The van der Waals surface area contributed by atoms with Crippen LogP contribution in [0, 0.1) is 0 Å². The van der Waals surface area contributed by atoms with E-state index < -0.39 is 10.0 Å². The van der Waals surface area contributed by atoms with Crippen molar-refractivity contribution < 1.29 is 13.2 Å². The summed E-state index contributed by atoms with van der Waals surface area (Å²) in [5, 5.41) is 0. The Balaban J connectivity index is 2.58. The van der Waals surface area contributed by atoms with Crippen molar-refractivity contribution in [3.63, 3.8) is 0 Å². The number of sulfonamides is 1. The lowest BCUT2D eigenvalue weighted by atomic mass is 10.2. The Bertz CT molecular complexity index is 576. The number of hydrogen-bond acceptors (Lipinski definition) is 4. The van der Waals surface area contributed by atoms with Crippen LogP contribution in [0.1, 0.15) is 5.56 Å². The molecule has 0 aromatic heterocycles. The highest BCUT2D eigenvalue weighted by Crippen LogP contribution is 2.31. The SMILES string of the molecule is C=CCOc1cccc2c1C(N)=NS2(=O)=O. The number of fused-ring (bicyclic) bond motifs is 1. The average Bonchev–Trinajstić information content (AvgIpc) is 2.47. The third-order valence-corrected chi connectivity index (χ3v) is 3.43. The lowest BCUT2D eigenvalue weighted by molar-refractivity contribution is 0.361. The van der Waals surface area contributed by atoms with Crippen LogP contribution >= 0.6 is 0 Å². The van der Waals surface area contributed by atoms with Gasteiger partial charge in [0.05, 0.1) is 5.56 Å². The number of amidine groups is 1. The fourth-order valence-electron chi connectivity index (χ4n) is 1.47. The van der Waals surface area contributed by atoms with E-state index in [0.29, 0.717) is 11.3 Å². The fraction of sp³-hybridized carbons (Fsp3) is 0.100. The summed E-state index contributed by atoms with van der Waals surface area (Å²) < 4.78 is 31.8. The second kappa shape index (κ2) is 3.64. The molecule has 0 bridgehead atoms. The number of ether oxygens (including phenoxy) is 1. The van der Waals surface area contributed by atoms with Crippen LogP contribution in [-0.2, 0) is 10.0 Å². The van der Waals surface area contributed by atoms with Gasteiger partial charge in [0.2, 0.25) is 0 Å². The summed E-state index contributed by atoms with van der Waals surface area (Å²) in [7, 11) is -3.65. The van der Waals surface area contributed by atoms with E-state index in [1.807, 2.05) is 0 Å². The number of nitrogens with zero attached hydrogens (tertiary/aromatic N) is 1. The highest BCUT2D eigenvalue weighted by molar-refractivity contribution is 7.90. The third kappa shape index (κ3) is 1.57. The minimum Gasteiger partial charge on any atom is -0.489 e. The number of hydrogen-bond donors (Lipinski definition) is 1. The Labute approximate surface area is 93.3 Å². The van der Waals surface area contributed by atoms with Crippen LogP contribution in [0.15, 0.2) is 40.1 Å². The van der Waals surface area contributed by atoms with Crippen molar-refractivity contribution in [2.24, 2.45) is 10.1 Å². The predicted molar refractivity (Wildman–Crippen MR) is 60.0 cm³/mol. The van der Waals surface area contributed by atoms with Crippen molar-refractivity contribution >= 4 is 15.9 Å². The van der Waals surface area contributed by atoms with Gasteiger partial charge in [-0.2, -0.15) is 8.42 Å². The number of nitrogens with two attached hydrogens (primary N) is 1. The van der Waals surface area contributed by atoms with Crippen LogP contribution in [0.5, 0.6) is 5.75 Å². The molecule has 6 heteroatoms. The van der Waals surface area contributed by atoms with E-state index in [0.717, 1.165) is 0 Å². The van der Waals surface area contributed by atoms with Gasteiger partial charge < -0.3 is 10.5 Å². The van der Waals surface area contributed by atoms with Crippen LogP contribution in [0.4, 0.5) is 0 Å². The van der Waals surface area contributed by atoms with Crippen molar-refractivity contribution in [3.05, 3.63) is 36.4 Å². The Morgan fingerprint density at radius 1 is 1.50 bits per heavy atom. The van der Waals surface area contributed by atoms with Crippen molar-refractivity contribution in [1.82, 2.24) is 0 Å². The van der Waals surface area contributed by atoms with Crippen LogP contribution in [0.25, 0.3) is 0 Å². The van der Waals surface area contributed by atoms with Crippen molar-refractivity contribution in [2.75, 3.05) is 6.61 Å². The monoisotopic (exact) mass is 238 g/mol. The quantitative estimate of drug-likeness (QED) is 0.784. The van der Waals surface area contributed by atoms with E-state index in [-0.39, 0.29) is 17.3 Å². The van der Waals surface area contributed by atoms with E-state index in [1.54, 1.807) is 18.2 Å². The molecule has 1 aliphatic heterocycles. The first kappa shape index (κ1) is 10.7. The molecule has 0 unspecified atom stereocenters. The molecule has 0 atom stereocenters. The lowest BCUT2D eigenvalue weighted by Crippen LogP contribution is -2.12. The molecule has 0 radical (unpaired) electrons. The van der Waals surface area contributed by atoms with Gasteiger partial charge in [0.1, 0.15) is 23.1 Å². The predicted octanol–water partition coefficient (Wildman–Crippen LogP) is 0.659. The molecule has 0 aliphatic carbocycles. The Kier molecular flexibility index (Phi) is 2.43. The summed E-state index contributed by atoms with van der Waals surface area (Å²) in [6.45, 7) is 3.79. The minimum atomic E-state index is -3.65. The maximum atomic E-state index is 11.5. The molecular weight excluding hydrogens is 228 g/mol. The van der Waals surface area contributed by atoms with E-state index in [2.05, 4.69) is 11.0 Å². The number of rotatable bonds is 3. The van der Waals surface area contributed by atoms with E-state index in [1.165, 1.54) is 6.07 Å². The average molecular weight is 238 g/mol. The van der Waals surface area contributed by atoms with Gasteiger partial charge in [-0.25, -0.2) is 0 Å². The van der Waals surface area contributed by atoms with Gasteiger partial charge in [0.25, 0.3) is 10.0 Å². The maximum absolute atomic E-state index is 11.5. The third-order valence-electron chi connectivity index (χ3n) is 2.10. The molecule has 84 valence electrons. The highest BCUT2D eigenvalue weighted by Gasteiger charge is 2.30. The molecule has 0 spiro atoms. The molecule has 0 saturated heterocycles. The molecule has 1 aliphatic rings. The summed E-state index contributed by atoms with van der Waals surface area (Å²) in [4.78, 5) is 0.0894. The van der Waals surface area contributed by atoms with Crippen molar-refractivity contribution in [3.8, 4) is 5.75 Å². The first-order chi connectivity index (χ1) is 7.56. The van der Waals surface area contributed by atoms with Crippen LogP contribution in [-0.4, -0.2) is 20.9 Å². The van der Waals surface area contributed by atoms with Gasteiger partial charge in [0, 0.05) is 0 Å².